The van der Waals surface area contributed by atoms with Crippen molar-refractivity contribution in [3.05, 3.63) is 199 Å². The second kappa shape index (κ2) is 11.8. The Morgan fingerprint density at radius 2 is 0.882 bits per heavy atom. The van der Waals surface area contributed by atoms with Crippen molar-refractivity contribution in [2.24, 2.45) is 0 Å². The molecule has 0 radical (unpaired) electrons. The number of benzene rings is 7. The van der Waals surface area contributed by atoms with Gasteiger partial charge in [-0.3, -0.25) is 0 Å². The minimum atomic E-state index is 0.861. The van der Waals surface area contributed by atoms with Crippen LogP contribution in [0.1, 0.15) is 5.56 Å². The summed E-state index contributed by atoms with van der Waals surface area (Å²) in [5.74, 6) is 0. The van der Waals surface area contributed by atoms with E-state index in [2.05, 4.69) is 156 Å². The van der Waals surface area contributed by atoms with Gasteiger partial charge in [0, 0.05) is 49.6 Å². The average Bonchev–Trinajstić information content (AvgIpc) is 3.78. The van der Waals surface area contributed by atoms with Crippen LogP contribution in [0.3, 0.4) is 0 Å². The molecule has 0 amide bonds. The fourth-order valence-electron chi connectivity index (χ4n) is 7.25. The van der Waals surface area contributed by atoms with E-state index in [-0.39, 0.29) is 0 Å². The Bertz CT molecular complexity index is 2910. The molecule has 9 aromatic rings. The molecule has 3 heteroatoms. The third-order valence-electron chi connectivity index (χ3n) is 9.74. The molecule has 1 aliphatic rings. The molecular formula is C48H29NO2. The molecule has 0 saturated heterocycles. The van der Waals surface area contributed by atoms with Gasteiger partial charge in [0.15, 0.2) is 0 Å². The maximum absolute atomic E-state index is 6.37. The Kier molecular flexibility index (Phi) is 6.72. The fraction of sp³-hybridized carbons (Fsp3) is 0. The van der Waals surface area contributed by atoms with Crippen LogP contribution in [0.2, 0.25) is 0 Å². The molecule has 2 heterocycles. The summed E-state index contributed by atoms with van der Waals surface area (Å²) in [6.07, 6.45) is 4.22. The van der Waals surface area contributed by atoms with Crippen LogP contribution < -0.4 is 4.90 Å². The molecule has 0 spiro atoms. The first kappa shape index (κ1) is 28.9. The molecule has 0 fully saturated rings. The summed E-state index contributed by atoms with van der Waals surface area (Å²) < 4.78 is 12.7. The number of nitrogens with zero attached hydrogens (tertiary/aromatic N) is 1. The molecule has 1 aliphatic carbocycles. The van der Waals surface area contributed by atoms with Crippen molar-refractivity contribution in [2.75, 3.05) is 4.90 Å². The lowest BCUT2D eigenvalue weighted by atomic mass is 10.00. The predicted octanol–water partition coefficient (Wildman–Crippen LogP) is 13.2. The lowest BCUT2D eigenvalue weighted by molar-refractivity contribution is 0.667. The van der Waals surface area contributed by atoms with E-state index in [1.165, 1.54) is 11.1 Å². The average molecular weight is 652 g/mol. The quantitative estimate of drug-likeness (QED) is 0.168. The zero-order chi connectivity index (χ0) is 33.7. The summed E-state index contributed by atoms with van der Waals surface area (Å²) in [5, 5.41) is 4.46. The highest BCUT2D eigenvalue weighted by atomic mass is 16.3. The number of rotatable bonds is 6. The summed E-state index contributed by atoms with van der Waals surface area (Å²) in [5.41, 5.74) is 19.9. The molecule has 10 rings (SSSR count). The first-order valence-corrected chi connectivity index (χ1v) is 17.1. The second-order valence-corrected chi connectivity index (χ2v) is 12.7. The fourth-order valence-corrected chi connectivity index (χ4v) is 7.25. The minimum Gasteiger partial charge on any atom is -0.455 e. The molecule has 0 aliphatic heterocycles. The first-order chi connectivity index (χ1) is 25.3. The molecule has 0 N–H and O–H groups in total. The number of fused-ring (bicyclic) bond motifs is 6. The van der Waals surface area contributed by atoms with E-state index in [1.807, 2.05) is 36.4 Å². The van der Waals surface area contributed by atoms with Gasteiger partial charge in [-0.25, -0.2) is 0 Å². The first-order valence-electron chi connectivity index (χ1n) is 17.1. The Balaban J connectivity index is 1.09. The number of furan rings is 2. The monoisotopic (exact) mass is 651 g/mol. The van der Waals surface area contributed by atoms with E-state index in [0.29, 0.717) is 0 Å². The van der Waals surface area contributed by atoms with Gasteiger partial charge in [-0.15, -0.1) is 0 Å². The van der Waals surface area contributed by atoms with Gasteiger partial charge >= 0.3 is 0 Å². The van der Waals surface area contributed by atoms with Crippen LogP contribution in [0.25, 0.3) is 71.7 Å². The van der Waals surface area contributed by atoms with Gasteiger partial charge in [0.05, 0.1) is 5.70 Å². The Morgan fingerprint density at radius 3 is 1.49 bits per heavy atom. The molecule has 3 nitrogen and oxygen atoms in total. The Labute approximate surface area is 294 Å². The van der Waals surface area contributed by atoms with Crippen LogP contribution in [-0.2, 0) is 0 Å². The van der Waals surface area contributed by atoms with Gasteiger partial charge in [0.1, 0.15) is 22.3 Å². The topological polar surface area (TPSA) is 29.5 Å². The van der Waals surface area contributed by atoms with E-state index < -0.39 is 0 Å². The van der Waals surface area contributed by atoms with Crippen LogP contribution in [0.15, 0.2) is 202 Å². The molecular weight excluding hydrogens is 623 g/mol. The maximum atomic E-state index is 6.37. The molecule has 2 aromatic heterocycles. The van der Waals surface area contributed by atoms with E-state index in [1.54, 1.807) is 0 Å². The Hall–Kier alpha value is -7.02. The summed E-state index contributed by atoms with van der Waals surface area (Å²) in [6.45, 7) is 0. The SMILES string of the molecule is C1=C=C(N(c2ccc(-c3ccccc3)cc2)c2ccc(-c3cccc4c3oc3ccccc34)cc2)C=CC=1c1cccc2c1oc1ccccc12. The molecule has 0 unspecified atom stereocenters. The zero-order valence-corrected chi connectivity index (χ0v) is 27.5. The van der Waals surface area contributed by atoms with Crippen molar-refractivity contribution >= 4 is 60.8 Å². The van der Waals surface area contributed by atoms with Crippen LogP contribution in [0, 0.1) is 0 Å². The number of para-hydroxylation sites is 4. The highest BCUT2D eigenvalue weighted by Gasteiger charge is 2.18. The molecule has 0 saturated carbocycles. The van der Waals surface area contributed by atoms with Crippen molar-refractivity contribution in [1.29, 1.82) is 0 Å². The van der Waals surface area contributed by atoms with Crippen LogP contribution in [0.4, 0.5) is 11.4 Å². The second-order valence-electron chi connectivity index (χ2n) is 12.7. The van der Waals surface area contributed by atoms with Crippen LogP contribution in [-0.4, -0.2) is 0 Å². The van der Waals surface area contributed by atoms with Crippen molar-refractivity contribution in [3.8, 4) is 22.3 Å². The predicted molar refractivity (Wildman–Crippen MR) is 210 cm³/mol. The maximum Gasteiger partial charge on any atom is 0.143 e. The number of anilines is 2. The summed E-state index contributed by atoms with van der Waals surface area (Å²) in [6, 6.07) is 56.8. The number of allylic oxidation sites excluding steroid dienone is 3. The third kappa shape index (κ3) is 4.93. The summed E-state index contributed by atoms with van der Waals surface area (Å²) in [4.78, 5) is 2.22. The van der Waals surface area contributed by atoms with E-state index in [0.717, 1.165) is 83.2 Å². The van der Waals surface area contributed by atoms with Gasteiger partial charge in [-0.1, -0.05) is 127 Å². The molecule has 7 aromatic carbocycles. The van der Waals surface area contributed by atoms with Crippen molar-refractivity contribution in [2.45, 2.75) is 0 Å². The van der Waals surface area contributed by atoms with Gasteiger partial charge in [0.25, 0.3) is 0 Å². The summed E-state index contributed by atoms with van der Waals surface area (Å²) in [7, 11) is 0. The van der Waals surface area contributed by atoms with Crippen molar-refractivity contribution in [1.82, 2.24) is 0 Å². The third-order valence-corrected chi connectivity index (χ3v) is 9.74. The molecule has 0 atom stereocenters. The van der Waals surface area contributed by atoms with Gasteiger partial charge in [-0.2, -0.15) is 0 Å². The molecule has 0 bridgehead atoms. The van der Waals surface area contributed by atoms with Gasteiger partial charge in [0.2, 0.25) is 0 Å². The lowest BCUT2D eigenvalue weighted by Gasteiger charge is -2.26. The standard InChI is InChI=1S/C48H29NO2/c1-2-10-32(11-3-1)33-20-26-36(27-21-33)49(37-28-22-34(23-29-37)39-14-8-16-43-41-12-4-6-18-45(41)50-47(39)43)38-30-24-35(25-31-38)40-15-9-17-44-42-13-5-7-19-46(42)51-48(40)44/h1-24,26-30H. The zero-order valence-electron chi connectivity index (χ0n) is 27.5. The van der Waals surface area contributed by atoms with Crippen LogP contribution in [0.5, 0.6) is 0 Å². The van der Waals surface area contributed by atoms with E-state index in [4.69, 9.17) is 8.83 Å². The smallest absolute Gasteiger partial charge is 0.143 e. The van der Waals surface area contributed by atoms with Crippen LogP contribution >= 0.6 is 0 Å². The van der Waals surface area contributed by atoms with Gasteiger partial charge < -0.3 is 13.7 Å². The Morgan fingerprint density at radius 1 is 0.373 bits per heavy atom. The van der Waals surface area contributed by atoms with Gasteiger partial charge in [-0.05, 0) is 77.0 Å². The number of hydrogen-bond acceptors (Lipinski definition) is 3. The minimum absolute atomic E-state index is 0.861. The van der Waals surface area contributed by atoms with Crippen molar-refractivity contribution < 1.29 is 8.83 Å². The highest BCUT2D eigenvalue weighted by Crippen LogP contribution is 2.39. The summed E-state index contributed by atoms with van der Waals surface area (Å²) >= 11 is 0. The van der Waals surface area contributed by atoms with Crippen molar-refractivity contribution in [3.63, 3.8) is 0 Å². The van der Waals surface area contributed by atoms with E-state index >= 15 is 0 Å². The van der Waals surface area contributed by atoms with E-state index in [9.17, 15) is 0 Å². The lowest BCUT2D eigenvalue weighted by Crippen LogP contribution is -2.15. The largest absolute Gasteiger partial charge is 0.455 e. The number of hydrogen-bond donors (Lipinski definition) is 0. The highest BCUT2D eigenvalue weighted by molar-refractivity contribution is 6.10. The molecule has 51 heavy (non-hydrogen) atoms. The normalized spacial score (nSPS) is 12.5. The molecule has 238 valence electrons.